The Labute approximate surface area is 114 Å². The van der Waals surface area contributed by atoms with Crippen molar-refractivity contribution in [1.29, 1.82) is 0 Å². The quantitative estimate of drug-likeness (QED) is 0.652. The molecule has 0 amide bonds. The molecular weight excluding hydrogens is 272 g/mol. The fourth-order valence-corrected chi connectivity index (χ4v) is 1.97. The van der Waals surface area contributed by atoms with Gasteiger partial charge in [-0.1, -0.05) is 12.1 Å². The fraction of sp³-hybridized carbons (Fsp3) is 0.417. The summed E-state index contributed by atoms with van der Waals surface area (Å²) in [5, 5.41) is 3.51. The Bertz CT molecular complexity index is 463. The van der Waals surface area contributed by atoms with Gasteiger partial charge in [-0.05, 0) is 32.9 Å². The van der Waals surface area contributed by atoms with Gasteiger partial charge in [0.15, 0.2) is 0 Å². The molecule has 1 aromatic carbocycles. The van der Waals surface area contributed by atoms with E-state index in [0.717, 1.165) is 17.8 Å². The molecule has 106 valence electrons. The van der Waals surface area contributed by atoms with Crippen molar-refractivity contribution in [2.24, 2.45) is 4.99 Å². The molecule has 2 N–H and O–H groups in total. The fourth-order valence-electron chi connectivity index (χ4n) is 1.97. The van der Waals surface area contributed by atoms with Gasteiger partial charge < -0.3 is 5.32 Å². The number of fused-ring (bicyclic) bond motifs is 1. The summed E-state index contributed by atoms with van der Waals surface area (Å²) in [5.41, 5.74) is 3.47. The topological polar surface area (TPSA) is 114 Å². The molecule has 1 aliphatic rings. The third kappa shape index (κ3) is 6.51. The summed E-state index contributed by atoms with van der Waals surface area (Å²) < 4.78 is 32.7. The number of hydrogen-bond donors (Lipinski definition) is 2. The van der Waals surface area contributed by atoms with Gasteiger partial charge in [-0.15, -0.1) is 0 Å². The van der Waals surface area contributed by atoms with Crippen LogP contribution in [-0.2, 0) is 0 Å². The van der Waals surface area contributed by atoms with Gasteiger partial charge in [-0.2, -0.15) is 14.0 Å². The number of halogens is 1. The lowest BCUT2D eigenvalue weighted by Gasteiger charge is -2.25. The van der Waals surface area contributed by atoms with Crippen molar-refractivity contribution in [2.75, 3.05) is 5.32 Å². The van der Waals surface area contributed by atoms with E-state index >= 15 is 0 Å². The lowest BCUT2D eigenvalue weighted by molar-refractivity contribution is -1.92. The number of aliphatic imine (C=N–C) groups is 1. The molecule has 0 radical (unpaired) electrons. The first kappa shape index (κ1) is 15.9. The van der Waals surface area contributed by atoms with Crippen LogP contribution in [0, 0.1) is 10.2 Å². The average Bonchev–Trinajstić information content (AvgIpc) is 2.27. The zero-order chi connectivity index (χ0) is 14.7. The summed E-state index contributed by atoms with van der Waals surface area (Å²) in [6.07, 6.45) is 0.988. The number of nitrogens with zero attached hydrogens (tertiary/aromatic N) is 1. The highest BCUT2D eigenvalue weighted by atomic mass is 35.7. The molecule has 1 aromatic rings. The van der Waals surface area contributed by atoms with E-state index in [0.29, 0.717) is 0 Å². The number of rotatable bonds is 0. The average molecular weight is 289 g/mol. The van der Waals surface area contributed by atoms with Crippen molar-refractivity contribution >= 4 is 17.1 Å². The Hall–Kier alpha value is -1.18. The Balaban J connectivity index is 0.000000312. The third-order valence-electron chi connectivity index (χ3n) is 2.39. The third-order valence-corrected chi connectivity index (χ3v) is 2.39. The highest BCUT2D eigenvalue weighted by Crippen LogP contribution is 2.32. The summed E-state index contributed by atoms with van der Waals surface area (Å²) in [4.78, 5) is 4.59. The van der Waals surface area contributed by atoms with Crippen LogP contribution in [0.1, 0.15) is 27.2 Å². The van der Waals surface area contributed by atoms with Crippen LogP contribution >= 0.6 is 0 Å². The van der Waals surface area contributed by atoms with Crippen LogP contribution < -0.4 is 19.3 Å². The van der Waals surface area contributed by atoms with Gasteiger partial charge in [-0.25, -0.2) is 0 Å². The Morgan fingerprint density at radius 1 is 1.26 bits per heavy atom. The van der Waals surface area contributed by atoms with Gasteiger partial charge in [0.25, 0.3) is 0 Å². The van der Waals surface area contributed by atoms with E-state index in [9.17, 15) is 0 Å². The molecule has 0 aromatic heterocycles. The summed E-state index contributed by atoms with van der Waals surface area (Å²) in [6.45, 7) is 6.49. The Morgan fingerprint density at radius 2 is 1.79 bits per heavy atom. The summed E-state index contributed by atoms with van der Waals surface area (Å²) >= 11 is 0. The molecule has 6 nitrogen and oxygen atoms in total. The zero-order valence-electron chi connectivity index (χ0n) is 11.0. The predicted octanol–water partition coefficient (Wildman–Crippen LogP) is -0.751. The van der Waals surface area contributed by atoms with E-state index in [4.69, 9.17) is 18.6 Å². The second kappa shape index (κ2) is 5.85. The zero-order valence-corrected chi connectivity index (χ0v) is 11.8. The molecule has 7 heteroatoms. The van der Waals surface area contributed by atoms with Crippen LogP contribution in [0.4, 0.5) is 11.4 Å². The molecule has 1 heterocycles. The van der Waals surface area contributed by atoms with Crippen LogP contribution in [0.15, 0.2) is 29.3 Å². The van der Waals surface area contributed by atoms with Crippen LogP contribution in [0.25, 0.3) is 0 Å². The van der Waals surface area contributed by atoms with Crippen LogP contribution in [0.2, 0.25) is 0 Å². The lowest BCUT2D eigenvalue weighted by Crippen LogP contribution is -2.58. The number of anilines is 1. The van der Waals surface area contributed by atoms with Crippen molar-refractivity contribution in [3.63, 3.8) is 0 Å². The second-order valence-corrected chi connectivity index (χ2v) is 5.74. The summed E-state index contributed by atoms with van der Waals surface area (Å²) in [6, 6.07) is 8.19. The normalized spacial score (nSPS) is 17.1. The number of para-hydroxylation sites is 2. The first-order valence-corrected chi connectivity index (χ1v) is 6.88. The van der Waals surface area contributed by atoms with E-state index in [1.807, 2.05) is 18.2 Å². The molecule has 0 aliphatic carbocycles. The minimum absolute atomic E-state index is 0.0974. The van der Waals surface area contributed by atoms with E-state index in [1.54, 1.807) is 0 Å². The maximum Gasteiger partial charge on any atom is 0.0860 e. The van der Waals surface area contributed by atoms with E-state index in [2.05, 4.69) is 37.1 Å². The number of nitrogens with one attached hydrogen (secondary N) is 1. The molecule has 19 heavy (non-hydrogen) atoms. The maximum absolute atomic E-state index is 8.60. The van der Waals surface area contributed by atoms with Crippen molar-refractivity contribution in [2.45, 2.75) is 32.7 Å². The standard InChI is InChI=1S/C12H16N2.ClHO4/c1-9-8-12(2,3)14-11-7-5-4-6-10(11)13-9;2-1(3,4)5/h4-7,14H,8H2,1-3H3;(H,2,3,4,5). The van der Waals surface area contributed by atoms with Gasteiger partial charge in [0.2, 0.25) is 0 Å². The van der Waals surface area contributed by atoms with Crippen LogP contribution in [0.3, 0.4) is 0 Å². The first-order chi connectivity index (χ1) is 8.57. The summed E-state index contributed by atoms with van der Waals surface area (Å²) in [5.74, 6) is 0. The summed E-state index contributed by atoms with van der Waals surface area (Å²) in [7, 11) is -4.69. The monoisotopic (exact) mass is 288 g/mol. The molecular formula is C12H17ClN2O4. The molecule has 0 atom stereocenters. The Kier molecular flexibility index (Phi) is 4.89. The van der Waals surface area contributed by atoms with Crippen molar-refractivity contribution in [3.8, 4) is 0 Å². The molecule has 0 unspecified atom stereocenters. The lowest BCUT2D eigenvalue weighted by atomic mass is 9.98. The smallest absolute Gasteiger partial charge is 0.0860 e. The molecule has 0 saturated heterocycles. The molecule has 0 spiro atoms. The van der Waals surface area contributed by atoms with Gasteiger partial charge in [0.05, 0.1) is 26.3 Å². The van der Waals surface area contributed by atoms with Crippen LogP contribution in [0.5, 0.6) is 0 Å². The molecule has 0 saturated carbocycles. The minimum Gasteiger partial charge on any atom is -0.378 e. The largest absolute Gasteiger partial charge is 0.378 e. The Morgan fingerprint density at radius 3 is 2.37 bits per heavy atom. The van der Waals surface area contributed by atoms with E-state index in [1.165, 1.54) is 5.71 Å². The van der Waals surface area contributed by atoms with Crippen molar-refractivity contribution in [1.82, 2.24) is 0 Å². The predicted molar refractivity (Wildman–Crippen MR) is 63.7 cm³/mol. The number of benzene rings is 1. The van der Waals surface area contributed by atoms with Crippen LogP contribution in [-0.4, -0.2) is 15.9 Å². The van der Waals surface area contributed by atoms with Gasteiger partial charge >= 0.3 is 0 Å². The van der Waals surface area contributed by atoms with Crippen molar-refractivity contribution in [3.05, 3.63) is 24.3 Å². The SMILES string of the molecule is CC1=Nc2ccccc2NC(C)(C)C1.[O-][Cl+3]([O-])([O-])O. The van der Waals surface area contributed by atoms with Crippen molar-refractivity contribution < 1.29 is 28.9 Å². The van der Waals surface area contributed by atoms with Gasteiger partial charge in [-0.3, -0.25) is 4.99 Å². The van der Waals surface area contributed by atoms with E-state index in [-0.39, 0.29) is 5.54 Å². The highest BCUT2D eigenvalue weighted by Gasteiger charge is 2.22. The molecule has 0 bridgehead atoms. The first-order valence-electron chi connectivity index (χ1n) is 5.61. The minimum atomic E-state index is -4.69. The van der Waals surface area contributed by atoms with Gasteiger partial charge in [0.1, 0.15) is 0 Å². The second-order valence-electron chi connectivity index (χ2n) is 4.95. The molecule has 2 rings (SSSR count). The molecule has 0 fully saturated rings. The highest BCUT2D eigenvalue weighted by molar-refractivity contribution is 5.89. The van der Waals surface area contributed by atoms with Gasteiger partial charge in [0, 0.05) is 17.7 Å². The molecule has 1 aliphatic heterocycles. The maximum atomic E-state index is 8.60. The van der Waals surface area contributed by atoms with E-state index < -0.39 is 10.2 Å². The number of hydrogen-bond acceptors (Lipinski definition) is 6.